The molecule has 0 saturated carbocycles. The minimum absolute atomic E-state index is 0.241. The van der Waals surface area contributed by atoms with E-state index in [4.69, 9.17) is 4.74 Å². The van der Waals surface area contributed by atoms with Crippen LogP contribution in [0.3, 0.4) is 0 Å². The van der Waals surface area contributed by atoms with Crippen LogP contribution in [0.1, 0.15) is 16.1 Å². The lowest BCUT2D eigenvalue weighted by Crippen LogP contribution is -2.35. The lowest BCUT2D eigenvalue weighted by molar-refractivity contribution is -0.123. The molecule has 0 spiro atoms. The Morgan fingerprint density at radius 3 is 2.74 bits per heavy atom. The van der Waals surface area contributed by atoms with Gasteiger partial charge in [-0.1, -0.05) is 24.8 Å². The summed E-state index contributed by atoms with van der Waals surface area (Å²) in [6.45, 7) is 3.94. The van der Waals surface area contributed by atoms with Crippen molar-refractivity contribution in [1.82, 2.24) is 25.2 Å². The Kier molecular flexibility index (Phi) is 5.77. The first kappa shape index (κ1) is 23.3. The number of pyridine rings is 1. The van der Waals surface area contributed by atoms with E-state index in [2.05, 4.69) is 32.2 Å². The standard InChI is InChI=1S/C26H19N7O4S/c1-2-20(34)32-11-9-15(14-32)30-24(35)23-22-21-17(8-10-27-25(21)38-23)33(26(36)31-22)18-12-29-19(13-28-18)37-16-6-4-3-5-7-16/h2-8,10,12-14H,1,9,11H2,(H,30,35)(H,31,36). The van der Waals surface area contributed by atoms with Crippen molar-refractivity contribution in [3.63, 3.8) is 0 Å². The van der Waals surface area contributed by atoms with Crippen molar-refractivity contribution in [2.45, 2.75) is 6.42 Å². The molecule has 0 aliphatic carbocycles. The minimum atomic E-state index is -0.494. The number of anilines is 3. The van der Waals surface area contributed by atoms with Gasteiger partial charge in [0.15, 0.2) is 5.82 Å². The highest BCUT2D eigenvalue weighted by Gasteiger charge is 2.34. The largest absolute Gasteiger partial charge is 0.438 e. The van der Waals surface area contributed by atoms with Crippen LogP contribution in [0.15, 0.2) is 79.5 Å². The van der Waals surface area contributed by atoms with E-state index in [1.54, 1.807) is 30.6 Å². The summed E-state index contributed by atoms with van der Waals surface area (Å²) in [5, 5.41) is 6.28. The molecule has 2 N–H and O–H groups in total. The zero-order valence-corrected chi connectivity index (χ0v) is 20.6. The number of ether oxygens (including phenoxy) is 1. The summed E-state index contributed by atoms with van der Waals surface area (Å²) in [6.07, 6.45) is 7.76. The van der Waals surface area contributed by atoms with Crippen LogP contribution in [0.5, 0.6) is 11.6 Å². The van der Waals surface area contributed by atoms with E-state index in [9.17, 15) is 14.4 Å². The number of urea groups is 1. The molecule has 6 rings (SSSR count). The molecule has 4 amide bonds. The first-order valence-corrected chi connectivity index (χ1v) is 12.4. The maximum atomic E-state index is 13.2. The fraction of sp³-hybridized carbons (Fsp3) is 0.0769. The molecule has 12 heteroatoms. The molecular formula is C26H19N7O4S. The summed E-state index contributed by atoms with van der Waals surface area (Å²) in [7, 11) is 0. The van der Waals surface area contributed by atoms with Crippen LogP contribution >= 0.6 is 11.3 Å². The van der Waals surface area contributed by atoms with Gasteiger partial charge in [-0.25, -0.2) is 24.6 Å². The van der Waals surface area contributed by atoms with Gasteiger partial charge in [-0.3, -0.25) is 9.59 Å². The number of carbonyl (C=O) groups excluding carboxylic acids is 3. The molecule has 0 atom stereocenters. The van der Waals surface area contributed by atoms with E-state index in [0.717, 1.165) is 11.3 Å². The molecule has 3 aromatic heterocycles. The molecule has 11 nitrogen and oxygen atoms in total. The average molecular weight is 526 g/mol. The second-order valence-electron chi connectivity index (χ2n) is 8.30. The molecule has 2 aliphatic rings. The maximum Gasteiger partial charge on any atom is 0.332 e. The molecular weight excluding hydrogens is 506 g/mol. The summed E-state index contributed by atoms with van der Waals surface area (Å²) in [6, 6.07) is 10.4. The van der Waals surface area contributed by atoms with Crippen molar-refractivity contribution in [3.8, 4) is 11.6 Å². The first-order valence-electron chi connectivity index (χ1n) is 11.5. The zero-order chi connectivity index (χ0) is 26.2. The van der Waals surface area contributed by atoms with Crippen LogP contribution in [0.2, 0.25) is 0 Å². The molecule has 188 valence electrons. The highest BCUT2D eigenvalue weighted by atomic mass is 32.1. The van der Waals surface area contributed by atoms with Crippen LogP contribution in [0.25, 0.3) is 10.2 Å². The van der Waals surface area contributed by atoms with Crippen LogP contribution < -0.4 is 20.3 Å². The van der Waals surface area contributed by atoms with Crippen molar-refractivity contribution in [2.24, 2.45) is 0 Å². The van der Waals surface area contributed by atoms with Gasteiger partial charge >= 0.3 is 6.03 Å². The normalized spacial score (nSPS) is 14.2. The monoisotopic (exact) mass is 525 g/mol. The predicted octanol–water partition coefficient (Wildman–Crippen LogP) is 4.55. The molecule has 0 bridgehead atoms. The fourth-order valence-electron chi connectivity index (χ4n) is 4.21. The number of carbonyl (C=O) groups is 3. The Morgan fingerprint density at radius 2 is 1.97 bits per heavy atom. The number of benzene rings is 1. The van der Waals surface area contributed by atoms with Gasteiger partial charge in [-0.15, -0.1) is 11.3 Å². The van der Waals surface area contributed by atoms with E-state index in [-0.39, 0.29) is 17.6 Å². The van der Waals surface area contributed by atoms with Crippen LogP contribution in [-0.2, 0) is 4.79 Å². The molecule has 0 unspecified atom stereocenters. The summed E-state index contributed by atoms with van der Waals surface area (Å²) >= 11 is 1.16. The van der Waals surface area contributed by atoms with E-state index < -0.39 is 11.9 Å². The van der Waals surface area contributed by atoms with Gasteiger partial charge in [-0.2, -0.15) is 0 Å². The van der Waals surface area contributed by atoms with Gasteiger partial charge in [0, 0.05) is 31.1 Å². The summed E-state index contributed by atoms with van der Waals surface area (Å²) in [5.41, 5.74) is 1.50. The first-order chi connectivity index (χ1) is 18.5. The van der Waals surface area contributed by atoms with Crippen molar-refractivity contribution >= 4 is 56.6 Å². The van der Waals surface area contributed by atoms with Gasteiger partial charge in [0.2, 0.25) is 11.8 Å². The Morgan fingerprint density at radius 1 is 1.13 bits per heavy atom. The number of nitrogens with zero attached hydrogens (tertiary/aromatic N) is 5. The second kappa shape index (κ2) is 9.41. The number of hydrogen-bond donors (Lipinski definition) is 2. The predicted molar refractivity (Wildman–Crippen MR) is 141 cm³/mol. The number of rotatable bonds is 6. The van der Waals surface area contributed by atoms with Gasteiger partial charge in [0.1, 0.15) is 15.5 Å². The van der Waals surface area contributed by atoms with Crippen LogP contribution in [-0.4, -0.2) is 44.2 Å². The fourth-order valence-corrected chi connectivity index (χ4v) is 5.22. The van der Waals surface area contributed by atoms with Crippen LogP contribution in [0.4, 0.5) is 22.0 Å². The number of nitrogens with one attached hydrogen (secondary N) is 2. The molecule has 0 fully saturated rings. The third kappa shape index (κ3) is 4.12. The minimum Gasteiger partial charge on any atom is -0.438 e. The van der Waals surface area contributed by atoms with Gasteiger partial charge in [-0.05, 0) is 24.3 Å². The summed E-state index contributed by atoms with van der Waals surface area (Å²) in [4.78, 5) is 55.1. The van der Waals surface area contributed by atoms with Crippen molar-refractivity contribution < 1.29 is 19.1 Å². The molecule has 38 heavy (non-hydrogen) atoms. The second-order valence-corrected chi connectivity index (χ2v) is 9.30. The average Bonchev–Trinajstić information content (AvgIpc) is 3.55. The SMILES string of the molecule is C=CC(=O)N1C=C(NC(=O)c2sc3nccc4c3c2NC(=O)N4c2cnc(Oc3ccccc3)cn2)CC1. The number of hydrogen-bond acceptors (Lipinski definition) is 8. The molecule has 1 aromatic carbocycles. The molecule has 0 saturated heterocycles. The summed E-state index contributed by atoms with van der Waals surface area (Å²) in [5.74, 6) is 0.533. The van der Waals surface area contributed by atoms with Crippen molar-refractivity contribution in [3.05, 3.63) is 84.4 Å². The Labute approximate surface area is 220 Å². The zero-order valence-electron chi connectivity index (χ0n) is 19.7. The van der Waals surface area contributed by atoms with Gasteiger partial charge < -0.3 is 20.3 Å². The molecule has 2 aliphatic heterocycles. The van der Waals surface area contributed by atoms with E-state index in [1.165, 1.54) is 28.3 Å². The van der Waals surface area contributed by atoms with E-state index in [0.29, 0.717) is 50.9 Å². The smallest absolute Gasteiger partial charge is 0.332 e. The lowest BCUT2D eigenvalue weighted by Gasteiger charge is -2.27. The number of aromatic nitrogens is 3. The van der Waals surface area contributed by atoms with Crippen molar-refractivity contribution in [2.75, 3.05) is 16.8 Å². The topological polar surface area (TPSA) is 130 Å². The highest BCUT2D eigenvalue weighted by molar-refractivity contribution is 7.21. The van der Waals surface area contributed by atoms with E-state index in [1.807, 2.05) is 18.2 Å². The third-order valence-electron chi connectivity index (χ3n) is 5.93. The highest BCUT2D eigenvalue weighted by Crippen LogP contribution is 2.45. The Balaban J connectivity index is 1.29. The Hall–Kier alpha value is -5.10. The molecule has 5 heterocycles. The lowest BCUT2D eigenvalue weighted by atomic mass is 10.1. The number of amides is 4. The van der Waals surface area contributed by atoms with E-state index >= 15 is 0 Å². The van der Waals surface area contributed by atoms with Gasteiger partial charge in [0.05, 0.1) is 29.2 Å². The number of thiophene rings is 1. The Bertz CT molecular complexity index is 1630. The number of para-hydroxylation sites is 1. The molecule has 4 aromatic rings. The van der Waals surface area contributed by atoms with Gasteiger partial charge in [0.25, 0.3) is 5.91 Å². The quantitative estimate of drug-likeness (QED) is 0.353. The van der Waals surface area contributed by atoms with Crippen molar-refractivity contribution in [1.29, 1.82) is 0 Å². The van der Waals surface area contributed by atoms with Crippen LogP contribution in [0, 0.1) is 0 Å². The molecule has 0 radical (unpaired) electrons. The maximum absolute atomic E-state index is 13.2. The third-order valence-corrected chi connectivity index (χ3v) is 7.02. The summed E-state index contributed by atoms with van der Waals surface area (Å²) < 4.78 is 5.70.